The van der Waals surface area contributed by atoms with E-state index >= 15 is 0 Å². The monoisotopic (exact) mass is 270 g/mol. The Balaban J connectivity index is 1.74. The summed E-state index contributed by atoms with van der Waals surface area (Å²) in [6, 6.07) is 9.22. The molecule has 102 valence electrons. The molecule has 0 aliphatic carbocycles. The normalized spacial score (nSPS) is 14.5. The van der Waals surface area contributed by atoms with E-state index in [9.17, 15) is 4.79 Å². The van der Waals surface area contributed by atoms with Crippen LogP contribution < -0.4 is 5.73 Å². The van der Waals surface area contributed by atoms with Crippen molar-refractivity contribution in [1.29, 1.82) is 0 Å². The summed E-state index contributed by atoms with van der Waals surface area (Å²) in [5.74, 6) is -0.564. The molecule has 1 amide bonds. The number of hydrazone groups is 1. The summed E-state index contributed by atoms with van der Waals surface area (Å²) in [5, 5.41) is 10.2. The summed E-state index contributed by atoms with van der Waals surface area (Å²) >= 11 is 0. The van der Waals surface area contributed by atoms with Gasteiger partial charge in [-0.15, -0.1) is 0 Å². The van der Waals surface area contributed by atoms with Gasteiger partial charge >= 0.3 is 0 Å². The quantitative estimate of drug-likeness (QED) is 0.853. The van der Waals surface area contributed by atoms with Crippen LogP contribution in [0.15, 0.2) is 40.0 Å². The topological polar surface area (TPSA) is 84.7 Å². The molecular weight excluding hydrogens is 256 g/mol. The van der Waals surface area contributed by atoms with Gasteiger partial charge in [-0.3, -0.25) is 9.80 Å². The van der Waals surface area contributed by atoms with E-state index in [-0.39, 0.29) is 5.76 Å². The van der Waals surface area contributed by atoms with Crippen LogP contribution in [0.1, 0.15) is 22.5 Å². The lowest BCUT2D eigenvalue weighted by Crippen LogP contribution is -2.32. The Morgan fingerprint density at radius 1 is 1.35 bits per heavy atom. The van der Waals surface area contributed by atoms with Crippen LogP contribution in [-0.2, 0) is 0 Å². The van der Waals surface area contributed by atoms with Crippen molar-refractivity contribution in [2.75, 3.05) is 13.1 Å². The maximum absolute atomic E-state index is 10.9. The van der Waals surface area contributed by atoms with E-state index < -0.39 is 5.91 Å². The summed E-state index contributed by atoms with van der Waals surface area (Å²) in [6.45, 7) is 2.06. The highest BCUT2D eigenvalue weighted by atomic mass is 16.5. The molecule has 1 aliphatic rings. The maximum Gasteiger partial charge on any atom is 0.287 e. The highest BCUT2D eigenvalue weighted by Crippen LogP contribution is 2.19. The molecule has 6 heteroatoms. The zero-order valence-corrected chi connectivity index (χ0v) is 10.8. The molecule has 2 aromatic rings. The summed E-state index contributed by atoms with van der Waals surface area (Å²) in [5.41, 5.74) is 7.59. The Hall–Kier alpha value is -2.63. The van der Waals surface area contributed by atoms with Gasteiger partial charge in [-0.05, 0) is 12.0 Å². The number of benzene rings is 1. The maximum atomic E-state index is 10.9. The van der Waals surface area contributed by atoms with Crippen molar-refractivity contribution in [3.05, 3.63) is 41.7 Å². The molecule has 1 fully saturated rings. The van der Waals surface area contributed by atoms with Crippen molar-refractivity contribution in [2.24, 2.45) is 10.8 Å². The molecule has 0 bridgehead atoms. The third-order valence-electron chi connectivity index (χ3n) is 3.16. The lowest BCUT2D eigenvalue weighted by molar-refractivity contribution is 0.0965. The second-order valence-corrected chi connectivity index (χ2v) is 4.61. The first kappa shape index (κ1) is 12.4. The number of hydrogen-bond donors (Lipinski definition) is 1. The molecule has 6 nitrogen and oxygen atoms in total. The van der Waals surface area contributed by atoms with Gasteiger partial charge in [0.1, 0.15) is 5.69 Å². The van der Waals surface area contributed by atoms with E-state index in [4.69, 9.17) is 10.3 Å². The van der Waals surface area contributed by atoms with Gasteiger partial charge < -0.3 is 10.3 Å². The van der Waals surface area contributed by atoms with Crippen LogP contribution in [0.3, 0.4) is 0 Å². The molecular formula is C14H14N4O2. The first-order valence-electron chi connectivity index (χ1n) is 6.38. The minimum atomic E-state index is -0.623. The fraction of sp³-hybridized carbons (Fsp3) is 0.214. The van der Waals surface area contributed by atoms with Crippen LogP contribution in [0.4, 0.5) is 0 Å². The molecule has 0 radical (unpaired) electrons. The zero-order valence-electron chi connectivity index (χ0n) is 10.8. The Labute approximate surface area is 115 Å². The van der Waals surface area contributed by atoms with Crippen LogP contribution in [0.5, 0.6) is 0 Å². The molecule has 1 aliphatic heterocycles. The Bertz CT molecular complexity index is 641. The van der Waals surface area contributed by atoms with Gasteiger partial charge in [-0.2, -0.15) is 5.10 Å². The van der Waals surface area contributed by atoms with Crippen molar-refractivity contribution in [1.82, 2.24) is 10.2 Å². The van der Waals surface area contributed by atoms with E-state index in [1.54, 1.807) is 0 Å². The van der Waals surface area contributed by atoms with Crippen LogP contribution in [0, 0.1) is 0 Å². The molecule has 0 atom stereocenters. The molecule has 0 unspecified atom stereocenters. The lowest BCUT2D eigenvalue weighted by Gasteiger charge is -2.27. The molecule has 0 spiro atoms. The van der Waals surface area contributed by atoms with Gasteiger partial charge in [-0.25, -0.2) is 0 Å². The number of primary amides is 1. The average molecular weight is 270 g/mol. The van der Waals surface area contributed by atoms with E-state index in [2.05, 4.69) is 10.3 Å². The van der Waals surface area contributed by atoms with Gasteiger partial charge in [0.25, 0.3) is 5.91 Å². The molecule has 0 saturated carbocycles. The minimum absolute atomic E-state index is 0.0587. The standard InChI is InChI=1S/C14H14N4O2/c15-14(19)13-8-12(17-20-13)11-4-2-10(3-5-11)9-16-18-6-1-7-18/h2-5,8-9H,1,6-7H2,(H2,15,19). The minimum Gasteiger partial charge on any atom is -0.363 e. The average Bonchev–Trinajstić information content (AvgIpc) is 2.87. The van der Waals surface area contributed by atoms with Gasteiger partial charge in [0.15, 0.2) is 0 Å². The number of carbonyl (C=O) groups excluding carboxylic acids is 1. The second-order valence-electron chi connectivity index (χ2n) is 4.61. The number of hydrogen-bond acceptors (Lipinski definition) is 5. The van der Waals surface area contributed by atoms with Gasteiger partial charge in [0, 0.05) is 24.7 Å². The number of rotatable bonds is 4. The van der Waals surface area contributed by atoms with Gasteiger partial charge in [0.2, 0.25) is 5.76 Å². The highest BCUT2D eigenvalue weighted by molar-refractivity contribution is 5.91. The molecule has 1 aromatic heterocycles. The molecule has 2 N–H and O–H groups in total. The summed E-state index contributed by atoms with van der Waals surface area (Å²) in [7, 11) is 0. The lowest BCUT2D eigenvalue weighted by atomic mass is 10.1. The van der Waals surface area contributed by atoms with Crippen molar-refractivity contribution < 1.29 is 9.32 Å². The largest absolute Gasteiger partial charge is 0.363 e. The van der Waals surface area contributed by atoms with Gasteiger partial charge in [0.05, 0.1) is 6.21 Å². The van der Waals surface area contributed by atoms with Crippen molar-refractivity contribution >= 4 is 12.1 Å². The fourth-order valence-corrected chi connectivity index (χ4v) is 1.83. The third kappa shape index (κ3) is 2.54. The summed E-state index contributed by atoms with van der Waals surface area (Å²) < 4.78 is 4.85. The van der Waals surface area contributed by atoms with Crippen LogP contribution in [-0.4, -0.2) is 35.4 Å². The van der Waals surface area contributed by atoms with E-state index in [0.29, 0.717) is 5.69 Å². The summed E-state index contributed by atoms with van der Waals surface area (Å²) in [4.78, 5) is 10.9. The Kier molecular flexibility index (Phi) is 3.20. The number of amides is 1. The predicted octanol–water partition coefficient (Wildman–Crippen LogP) is 1.48. The number of nitrogens with two attached hydrogens (primary N) is 1. The zero-order chi connectivity index (χ0) is 13.9. The van der Waals surface area contributed by atoms with Crippen molar-refractivity contribution in [3.63, 3.8) is 0 Å². The van der Waals surface area contributed by atoms with Crippen LogP contribution >= 0.6 is 0 Å². The fourth-order valence-electron chi connectivity index (χ4n) is 1.83. The Morgan fingerprint density at radius 2 is 2.10 bits per heavy atom. The second kappa shape index (κ2) is 5.16. The van der Waals surface area contributed by atoms with E-state index in [1.165, 1.54) is 12.5 Å². The van der Waals surface area contributed by atoms with Crippen LogP contribution in [0.2, 0.25) is 0 Å². The van der Waals surface area contributed by atoms with Gasteiger partial charge in [-0.1, -0.05) is 29.4 Å². The van der Waals surface area contributed by atoms with Crippen molar-refractivity contribution in [2.45, 2.75) is 6.42 Å². The highest BCUT2D eigenvalue weighted by Gasteiger charge is 2.11. The summed E-state index contributed by atoms with van der Waals surface area (Å²) in [6.07, 6.45) is 3.05. The first-order chi connectivity index (χ1) is 9.72. The van der Waals surface area contributed by atoms with E-state index in [0.717, 1.165) is 24.2 Å². The van der Waals surface area contributed by atoms with E-state index in [1.807, 2.05) is 35.5 Å². The third-order valence-corrected chi connectivity index (χ3v) is 3.16. The molecule has 2 heterocycles. The number of nitrogens with zero attached hydrogens (tertiary/aromatic N) is 3. The molecule has 1 saturated heterocycles. The Morgan fingerprint density at radius 3 is 2.65 bits per heavy atom. The first-order valence-corrected chi connectivity index (χ1v) is 6.38. The van der Waals surface area contributed by atoms with Crippen molar-refractivity contribution in [3.8, 4) is 11.3 Å². The molecule has 1 aromatic carbocycles. The smallest absolute Gasteiger partial charge is 0.287 e. The van der Waals surface area contributed by atoms with Crippen LogP contribution in [0.25, 0.3) is 11.3 Å². The number of aromatic nitrogens is 1. The predicted molar refractivity (Wildman–Crippen MR) is 74.2 cm³/mol. The number of carbonyl (C=O) groups is 1. The molecule has 3 rings (SSSR count). The SMILES string of the molecule is NC(=O)c1cc(-c2ccc(C=NN3CCC3)cc2)no1. The molecule has 20 heavy (non-hydrogen) atoms.